The number of aryl methyl sites for hydroxylation is 1. The van der Waals surface area contributed by atoms with E-state index in [9.17, 15) is 4.79 Å². The molecule has 1 aromatic heterocycles. The zero-order chi connectivity index (χ0) is 14.0. The number of nitrogens with zero attached hydrogens (tertiary/aromatic N) is 1. The highest BCUT2D eigenvalue weighted by Gasteiger charge is 2.14. The van der Waals surface area contributed by atoms with Gasteiger partial charge in [-0.1, -0.05) is 23.2 Å². The highest BCUT2D eigenvalue weighted by molar-refractivity contribution is 7.10. The molecule has 1 amide bonds. The first-order valence-corrected chi connectivity index (χ1v) is 7.36. The predicted molar refractivity (Wildman–Crippen MR) is 81.3 cm³/mol. The molecule has 0 N–H and O–H groups in total. The first-order valence-electron chi connectivity index (χ1n) is 5.72. The van der Waals surface area contributed by atoms with Gasteiger partial charge in [-0.25, -0.2) is 0 Å². The van der Waals surface area contributed by atoms with Crippen molar-refractivity contribution < 1.29 is 4.79 Å². The van der Waals surface area contributed by atoms with Crippen molar-refractivity contribution in [1.82, 2.24) is 4.90 Å². The summed E-state index contributed by atoms with van der Waals surface area (Å²) in [7, 11) is 1.78. The number of rotatable bonds is 3. The van der Waals surface area contributed by atoms with Crippen molar-refractivity contribution in [1.29, 1.82) is 0 Å². The molecule has 0 unspecified atom stereocenters. The maximum absolute atomic E-state index is 12.3. The predicted octanol–water partition coefficient (Wildman–Crippen LogP) is 4.64. The molecule has 0 fully saturated rings. The minimum Gasteiger partial charge on any atom is -0.337 e. The van der Waals surface area contributed by atoms with E-state index < -0.39 is 0 Å². The highest BCUT2D eigenvalue weighted by Crippen LogP contribution is 2.24. The number of hydrogen-bond donors (Lipinski definition) is 0. The molecule has 0 bridgehead atoms. The molecule has 0 saturated carbocycles. The van der Waals surface area contributed by atoms with Crippen LogP contribution in [0, 0.1) is 6.92 Å². The van der Waals surface area contributed by atoms with Crippen molar-refractivity contribution in [2.75, 3.05) is 7.05 Å². The minimum atomic E-state index is -0.0635. The van der Waals surface area contributed by atoms with Crippen LogP contribution in [-0.2, 0) is 6.54 Å². The van der Waals surface area contributed by atoms with Gasteiger partial charge in [0, 0.05) is 17.5 Å². The smallest absolute Gasteiger partial charge is 0.253 e. The summed E-state index contributed by atoms with van der Waals surface area (Å²) in [5.41, 5.74) is 1.75. The van der Waals surface area contributed by atoms with E-state index >= 15 is 0 Å². The van der Waals surface area contributed by atoms with Gasteiger partial charge in [0.25, 0.3) is 5.91 Å². The van der Waals surface area contributed by atoms with Gasteiger partial charge in [-0.15, -0.1) is 11.3 Å². The lowest BCUT2D eigenvalue weighted by Gasteiger charge is -2.17. The molecule has 0 spiro atoms. The standard InChI is InChI=1S/C14H13Cl2NOS/c1-9-5-6-19-13(9)8-17(2)14(18)10-3-4-11(15)12(16)7-10/h3-7H,8H2,1-2H3. The molecule has 100 valence electrons. The molecule has 0 saturated heterocycles. The first-order chi connectivity index (χ1) is 8.99. The van der Waals surface area contributed by atoms with Crippen LogP contribution >= 0.6 is 34.5 Å². The lowest BCUT2D eigenvalue weighted by atomic mass is 10.2. The Hall–Kier alpha value is -1.03. The van der Waals surface area contributed by atoms with Crippen LogP contribution in [0.4, 0.5) is 0 Å². The number of carbonyl (C=O) groups is 1. The Morgan fingerprint density at radius 3 is 2.58 bits per heavy atom. The Morgan fingerprint density at radius 1 is 1.26 bits per heavy atom. The SMILES string of the molecule is Cc1ccsc1CN(C)C(=O)c1ccc(Cl)c(Cl)c1. The third-order valence-corrected chi connectivity index (χ3v) is 4.61. The number of carbonyl (C=O) groups excluding carboxylic acids is 1. The number of amides is 1. The van der Waals surface area contributed by atoms with Gasteiger partial charge < -0.3 is 4.90 Å². The van der Waals surface area contributed by atoms with E-state index in [0.717, 1.165) is 0 Å². The molecule has 19 heavy (non-hydrogen) atoms. The molecule has 1 heterocycles. The van der Waals surface area contributed by atoms with Crippen molar-refractivity contribution in [3.05, 3.63) is 55.7 Å². The van der Waals surface area contributed by atoms with Crippen molar-refractivity contribution in [3.8, 4) is 0 Å². The molecule has 0 aliphatic carbocycles. The van der Waals surface area contributed by atoms with Gasteiger partial charge in [0.2, 0.25) is 0 Å². The van der Waals surface area contributed by atoms with Gasteiger partial charge in [-0.3, -0.25) is 4.79 Å². The molecule has 2 aromatic rings. The molecule has 0 aliphatic heterocycles. The summed E-state index contributed by atoms with van der Waals surface area (Å²) in [5.74, 6) is -0.0635. The summed E-state index contributed by atoms with van der Waals surface area (Å²) < 4.78 is 0. The molecule has 0 aliphatic rings. The maximum atomic E-state index is 12.3. The molecular formula is C14H13Cl2NOS. The fraction of sp³-hybridized carbons (Fsp3) is 0.214. The van der Waals surface area contributed by atoms with Crippen LogP contribution in [0.15, 0.2) is 29.6 Å². The van der Waals surface area contributed by atoms with Crippen LogP contribution in [0.1, 0.15) is 20.8 Å². The van der Waals surface area contributed by atoms with E-state index in [4.69, 9.17) is 23.2 Å². The van der Waals surface area contributed by atoms with E-state index in [1.807, 2.05) is 12.3 Å². The second kappa shape index (κ2) is 5.95. The van der Waals surface area contributed by atoms with E-state index in [0.29, 0.717) is 22.2 Å². The Kier molecular flexibility index (Phi) is 4.50. The average molecular weight is 314 g/mol. The van der Waals surface area contributed by atoms with E-state index in [1.54, 1.807) is 41.5 Å². The number of halogens is 2. The summed E-state index contributed by atoms with van der Waals surface area (Å²) in [6, 6.07) is 6.98. The second-order valence-electron chi connectivity index (χ2n) is 4.32. The number of benzene rings is 1. The van der Waals surface area contributed by atoms with E-state index in [1.165, 1.54) is 10.4 Å². The molecule has 2 rings (SSSR count). The Bertz CT molecular complexity index is 609. The van der Waals surface area contributed by atoms with Crippen LogP contribution in [-0.4, -0.2) is 17.9 Å². The Balaban J connectivity index is 2.15. The zero-order valence-corrected chi connectivity index (χ0v) is 12.9. The summed E-state index contributed by atoms with van der Waals surface area (Å²) >= 11 is 13.4. The lowest BCUT2D eigenvalue weighted by molar-refractivity contribution is 0.0786. The molecule has 5 heteroatoms. The average Bonchev–Trinajstić information content (AvgIpc) is 2.77. The van der Waals surface area contributed by atoms with Crippen LogP contribution in [0.5, 0.6) is 0 Å². The largest absolute Gasteiger partial charge is 0.337 e. The maximum Gasteiger partial charge on any atom is 0.253 e. The first kappa shape index (κ1) is 14.4. The normalized spacial score (nSPS) is 10.5. The van der Waals surface area contributed by atoms with Gasteiger partial charge in [0.15, 0.2) is 0 Å². The zero-order valence-electron chi connectivity index (χ0n) is 10.6. The molecule has 0 atom stereocenters. The quantitative estimate of drug-likeness (QED) is 0.808. The van der Waals surface area contributed by atoms with Crippen molar-refractivity contribution in [2.24, 2.45) is 0 Å². The van der Waals surface area contributed by atoms with Gasteiger partial charge >= 0.3 is 0 Å². The summed E-state index contributed by atoms with van der Waals surface area (Å²) in [6.07, 6.45) is 0. The fourth-order valence-electron chi connectivity index (χ4n) is 1.70. The van der Waals surface area contributed by atoms with Crippen LogP contribution in [0.2, 0.25) is 10.0 Å². The summed E-state index contributed by atoms with van der Waals surface area (Å²) in [6.45, 7) is 2.64. The monoisotopic (exact) mass is 313 g/mol. The summed E-state index contributed by atoms with van der Waals surface area (Å²) in [4.78, 5) is 15.1. The second-order valence-corrected chi connectivity index (χ2v) is 6.13. The highest BCUT2D eigenvalue weighted by atomic mass is 35.5. The third kappa shape index (κ3) is 3.30. The molecule has 1 aromatic carbocycles. The van der Waals surface area contributed by atoms with Crippen LogP contribution < -0.4 is 0 Å². The number of thiophene rings is 1. The van der Waals surface area contributed by atoms with Crippen LogP contribution in [0.3, 0.4) is 0 Å². The van der Waals surface area contributed by atoms with Gasteiger partial charge in [-0.2, -0.15) is 0 Å². The van der Waals surface area contributed by atoms with Crippen molar-refractivity contribution in [3.63, 3.8) is 0 Å². The number of hydrogen-bond acceptors (Lipinski definition) is 2. The molecule has 2 nitrogen and oxygen atoms in total. The lowest BCUT2D eigenvalue weighted by Crippen LogP contribution is -2.26. The molecule has 0 radical (unpaired) electrons. The van der Waals surface area contributed by atoms with Crippen molar-refractivity contribution in [2.45, 2.75) is 13.5 Å². The Morgan fingerprint density at radius 2 is 2.00 bits per heavy atom. The minimum absolute atomic E-state index is 0.0635. The van der Waals surface area contributed by atoms with Gasteiger partial charge in [0.05, 0.1) is 16.6 Å². The van der Waals surface area contributed by atoms with Gasteiger partial charge in [-0.05, 0) is 42.1 Å². The summed E-state index contributed by atoms with van der Waals surface area (Å²) in [5, 5.41) is 2.88. The third-order valence-electron chi connectivity index (χ3n) is 2.86. The fourth-order valence-corrected chi connectivity index (χ4v) is 2.96. The molecular weight excluding hydrogens is 301 g/mol. The van der Waals surface area contributed by atoms with Crippen molar-refractivity contribution >= 4 is 40.4 Å². The van der Waals surface area contributed by atoms with E-state index in [-0.39, 0.29) is 5.91 Å². The van der Waals surface area contributed by atoms with Gasteiger partial charge in [0.1, 0.15) is 0 Å². The topological polar surface area (TPSA) is 20.3 Å². The Labute approximate surface area is 126 Å². The van der Waals surface area contributed by atoms with E-state index in [2.05, 4.69) is 6.07 Å². The van der Waals surface area contributed by atoms with Crippen LogP contribution in [0.25, 0.3) is 0 Å².